The average Bonchev–Trinajstić information content (AvgIpc) is 2.82. The Morgan fingerprint density at radius 1 is 1.19 bits per heavy atom. The number of piperidine rings is 1. The maximum atomic E-state index is 13.5. The molecule has 2 aromatic rings. The third kappa shape index (κ3) is 7.24. The summed E-state index contributed by atoms with van der Waals surface area (Å²) in [5.74, 6) is 0.629. The normalized spacial score (nSPS) is 18.4. The number of nitrogens with one attached hydrogen (secondary N) is 1. The van der Waals surface area contributed by atoms with E-state index < -0.39 is 31.4 Å². The van der Waals surface area contributed by atoms with Gasteiger partial charge in [0.05, 0.1) is 9.35 Å². The van der Waals surface area contributed by atoms with Crippen LogP contribution in [-0.2, 0) is 13.0 Å². The molecule has 0 radical (unpaired) electrons. The highest BCUT2D eigenvalue weighted by molar-refractivity contribution is 5.74. The van der Waals surface area contributed by atoms with Crippen LogP contribution in [0.25, 0.3) is 0 Å². The number of rotatable bonds is 8. The van der Waals surface area contributed by atoms with Gasteiger partial charge in [-0.25, -0.2) is 9.18 Å². The minimum absolute atomic E-state index is 0.143. The molecule has 0 aromatic heterocycles. The molecule has 2 aromatic carbocycles. The minimum Gasteiger partial charge on any atom is -0.493 e. The van der Waals surface area contributed by atoms with Crippen LogP contribution in [0.2, 0.25) is 0 Å². The van der Waals surface area contributed by atoms with Crippen LogP contribution in [0.5, 0.6) is 5.75 Å². The van der Waals surface area contributed by atoms with Crippen molar-refractivity contribution in [1.82, 2.24) is 15.1 Å². The molecule has 0 unspecified atom stereocenters. The maximum Gasteiger partial charge on any atom is 0.318 e. The summed E-state index contributed by atoms with van der Waals surface area (Å²) in [6.45, 7) is 0.848. The van der Waals surface area contributed by atoms with Gasteiger partial charge in [-0.1, -0.05) is 38.1 Å². The quantitative estimate of drug-likeness (QED) is 0.660. The summed E-state index contributed by atoms with van der Waals surface area (Å²) in [6.07, 6.45) is 0.600. The van der Waals surface area contributed by atoms with E-state index in [4.69, 9.17) is 11.6 Å². The van der Waals surface area contributed by atoms with Crippen molar-refractivity contribution in [3.63, 3.8) is 0 Å². The molecule has 168 valence electrons. The molecule has 3 rings (SSSR count). The van der Waals surface area contributed by atoms with E-state index >= 15 is 0 Å². The van der Waals surface area contributed by atoms with E-state index in [0.29, 0.717) is 25.4 Å². The highest BCUT2D eigenvalue weighted by atomic mass is 19.1. The topological polar surface area (TPSA) is 44.8 Å². The molecule has 6 heteroatoms. The molecule has 0 aliphatic carbocycles. The lowest BCUT2D eigenvalue weighted by molar-refractivity contribution is 0.127. The zero-order valence-electron chi connectivity index (χ0n) is 23.1. The van der Waals surface area contributed by atoms with Crippen molar-refractivity contribution < 1.29 is 20.8 Å². The van der Waals surface area contributed by atoms with Crippen LogP contribution in [0.1, 0.15) is 44.7 Å². The number of benzene rings is 2. The van der Waals surface area contributed by atoms with Crippen molar-refractivity contribution in [1.29, 1.82) is 0 Å². The van der Waals surface area contributed by atoms with Crippen molar-refractivity contribution in [2.75, 3.05) is 26.7 Å². The SMILES string of the molecule is [2H]C([2H])([2H])N1CCC(N(C(=O)NCc2ccc(OCC(C)C)cc2)C([2H])([2H])c2ccc(F)cc2)CC1. The number of likely N-dealkylation sites (tertiary alicyclic amines) is 1. The Hall–Kier alpha value is -2.60. The summed E-state index contributed by atoms with van der Waals surface area (Å²) in [5, 5.41) is 2.80. The maximum absolute atomic E-state index is 13.5. The zero-order valence-corrected chi connectivity index (χ0v) is 18.1. The van der Waals surface area contributed by atoms with E-state index in [1.54, 1.807) is 0 Å². The fraction of sp³-hybridized carbons (Fsp3) is 0.480. The van der Waals surface area contributed by atoms with E-state index in [1.165, 1.54) is 17.0 Å². The first-order valence-electron chi connectivity index (χ1n) is 13.2. The van der Waals surface area contributed by atoms with E-state index in [0.717, 1.165) is 28.3 Å². The third-order valence-electron chi connectivity index (χ3n) is 5.09. The van der Waals surface area contributed by atoms with Crippen LogP contribution in [0.3, 0.4) is 0 Å². The average molecular weight is 433 g/mol. The van der Waals surface area contributed by atoms with Crippen molar-refractivity contribution >= 4 is 6.03 Å². The Labute approximate surface area is 192 Å². The Kier molecular flexibility index (Phi) is 6.12. The first kappa shape index (κ1) is 17.0. The second-order valence-corrected chi connectivity index (χ2v) is 8.21. The predicted octanol–water partition coefficient (Wildman–Crippen LogP) is 4.67. The number of hydrogen-bond acceptors (Lipinski definition) is 3. The van der Waals surface area contributed by atoms with Crippen molar-refractivity contribution in [2.45, 2.75) is 45.8 Å². The largest absolute Gasteiger partial charge is 0.493 e. The number of amides is 2. The zero-order chi connectivity index (χ0) is 26.5. The minimum atomic E-state index is -2.24. The van der Waals surface area contributed by atoms with E-state index in [1.807, 2.05) is 24.3 Å². The molecule has 0 bridgehead atoms. The standard InChI is InChI=1S/C25H34FN3O2/c1-19(2)18-31-24-10-6-20(7-11-24)16-27-25(30)29(23-12-14-28(3)15-13-23)17-21-4-8-22(26)9-5-21/h4-11,19,23H,12-18H2,1-3H3,(H,27,30)/i3D3,17D2. The smallest absolute Gasteiger partial charge is 0.318 e. The summed E-state index contributed by atoms with van der Waals surface area (Å²) < 4.78 is 59.7. The molecule has 1 aliphatic heterocycles. The molecule has 5 nitrogen and oxygen atoms in total. The number of carbonyl (C=O) groups excluding carboxylic acids is 1. The summed E-state index contributed by atoms with van der Waals surface area (Å²) >= 11 is 0. The van der Waals surface area contributed by atoms with Crippen LogP contribution in [0, 0.1) is 11.7 Å². The Bertz CT molecular complexity index is 992. The van der Waals surface area contributed by atoms with Crippen molar-refractivity contribution in [2.24, 2.45) is 5.92 Å². The molecule has 1 fully saturated rings. The number of urea groups is 1. The van der Waals surface area contributed by atoms with Crippen molar-refractivity contribution in [3.8, 4) is 5.75 Å². The van der Waals surface area contributed by atoms with Gasteiger partial charge in [0, 0.05) is 23.2 Å². The van der Waals surface area contributed by atoms with Gasteiger partial charge >= 0.3 is 6.03 Å². The molecule has 0 saturated carbocycles. The van der Waals surface area contributed by atoms with Gasteiger partial charge in [0.1, 0.15) is 11.6 Å². The molecular weight excluding hydrogens is 393 g/mol. The van der Waals surface area contributed by atoms with E-state index in [-0.39, 0.29) is 25.2 Å². The molecule has 31 heavy (non-hydrogen) atoms. The van der Waals surface area contributed by atoms with Crippen LogP contribution < -0.4 is 10.1 Å². The number of ether oxygens (including phenoxy) is 1. The summed E-state index contributed by atoms with van der Waals surface area (Å²) in [5.41, 5.74) is 0.962. The lowest BCUT2D eigenvalue weighted by atomic mass is 10.0. The van der Waals surface area contributed by atoms with Gasteiger partial charge in [-0.3, -0.25) is 0 Å². The van der Waals surface area contributed by atoms with Crippen LogP contribution >= 0.6 is 0 Å². The molecule has 0 spiro atoms. The van der Waals surface area contributed by atoms with Gasteiger partial charge in [0.15, 0.2) is 0 Å². The molecule has 1 N–H and O–H groups in total. The summed E-state index contributed by atoms with van der Waals surface area (Å²) in [7, 11) is 0. The molecule has 0 atom stereocenters. The first-order valence-corrected chi connectivity index (χ1v) is 10.7. The first-order chi connectivity index (χ1) is 16.9. The monoisotopic (exact) mass is 432 g/mol. The van der Waals surface area contributed by atoms with Gasteiger partial charge in [0.2, 0.25) is 0 Å². The fourth-order valence-electron chi connectivity index (χ4n) is 3.32. The van der Waals surface area contributed by atoms with Gasteiger partial charge in [-0.15, -0.1) is 0 Å². The highest BCUT2D eigenvalue weighted by Crippen LogP contribution is 2.19. The van der Waals surface area contributed by atoms with Gasteiger partial charge in [-0.05, 0) is 74.2 Å². The molecular formula is C25H34FN3O2. The van der Waals surface area contributed by atoms with Crippen LogP contribution in [0.15, 0.2) is 48.5 Å². The molecule has 1 heterocycles. The Morgan fingerprint density at radius 3 is 2.45 bits per heavy atom. The second kappa shape index (κ2) is 11.1. The fourth-order valence-corrected chi connectivity index (χ4v) is 3.32. The third-order valence-corrected chi connectivity index (χ3v) is 5.09. The lowest BCUT2D eigenvalue weighted by Crippen LogP contribution is -2.49. The number of nitrogens with zero attached hydrogens (tertiary/aromatic N) is 2. The highest BCUT2D eigenvalue weighted by Gasteiger charge is 2.27. The predicted molar refractivity (Wildman–Crippen MR) is 121 cm³/mol. The molecule has 1 saturated heterocycles. The van der Waals surface area contributed by atoms with Gasteiger partial charge in [-0.2, -0.15) is 0 Å². The summed E-state index contributed by atoms with van der Waals surface area (Å²) in [4.78, 5) is 15.9. The molecule has 2 amide bonds. The van der Waals surface area contributed by atoms with E-state index in [9.17, 15) is 9.18 Å². The lowest BCUT2D eigenvalue weighted by Gasteiger charge is -2.37. The Morgan fingerprint density at radius 2 is 1.84 bits per heavy atom. The summed E-state index contributed by atoms with van der Waals surface area (Å²) in [6, 6.07) is 11.1. The van der Waals surface area contributed by atoms with Gasteiger partial charge < -0.3 is 19.9 Å². The van der Waals surface area contributed by atoms with Crippen LogP contribution in [-0.4, -0.2) is 48.5 Å². The number of carbonyl (C=O) groups is 1. The van der Waals surface area contributed by atoms with E-state index in [2.05, 4.69) is 19.2 Å². The number of halogens is 1. The van der Waals surface area contributed by atoms with Crippen molar-refractivity contribution in [3.05, 3.63) is 65.5 Å². The molecule has 1 aliphatic rings. The number of hydrogen-bond donors (Lipinski definition) is 1. The van der Waals surface area contributed by atoms with Crippen LogP contribution in [0.4, 0.5) is 9.18 Å². The Balaban J connectivity index is 1.75. The second-order valence-electron chi connectivity index (χ2n) is 8.21. The van der Waals surface area contributed by atoms with Gasteiger partial charge in [0.25, 0.3) is 0 Å².